The van der Waals surface area contributed by atoms with Gasteiger partial charge in [0.1, 0.15) is 6.61 Å². The van der Waals surface area contributed by atoms with Crippen LogP contribution in [0.3, 0.4) is 0 Å². The van der Waals surface area contributed by atoms with Gasteiger partial charge in [0.2, 0.25) is 0 Å². The average molecular weight is 276 g/mol. The zero-order valence-corrected chi connectivity index (χ0v) is 11.2. The number of fused-ring (bicyclic) bond motifs is 1. The summed E-state index contributed by atoms with van der Waals surface area (Å²) in [5.41, 5.74) is 1.18. The first-order chi connectivity index (χ1) is 8.70. The van der Waals surface area contributed by atoms with E-state index in [1.807, 2.05) is 7.05 Å². The maximum Gasteiger partial charge on any atom is 0.261 e. The van der Waals surface area contributed by atoms with Gasteiger partial charge in [-0.2, -0.15) is 0 Å². The molecule has 1 unspecified atom stereocenters. The van der Waals surface area contributed by atoms with Crippen LogP contribution in [0.5, 0.6) is 0 Å². The second-order valence-corrected chi connectivity index (χ2v) is 5.48. The SMILES string of the molecule is CNC1CCCc2nc(CCOCC(F)F)sc21. The second-order valence-electron chi connectivity index (χ2n) is 4.37. The van der Waals surface area contributed by atoms with Crippen LogP contribution in [0.4, 0.5) is 8.78 Å². The third-order valence-electron chi connectivity index (χ3n) is 3.05. The Bertz CT molecular complexity index is 384. The molecule has 0 aliphatic heterocycles. The van der Waals surface area contributed by atoms with E-state index in [9.17, 15) is 8.78 Å². The zero-order chi connectivity index (χ0) is 13.0. The van der Waals surface area contributed by atoms with Crippen LogP contribution in [0.2, 0.25) is 0 Å². The van der Waals surface area contributed by atoms with Crippen molar-refractivity contribution in [3.8, 4) is 0 Å². The lowest BCUT2D eigenvalue weighted by Gasteiger charge is -2.20. The number of hydrogen-bond donors (Lipinski definition) is 1. The van der Waals surface area contributed by atoms with Crippen molar-refractivity contribution >= 4 is 11.3 Å². The largest absolute Gasteiger partial charge is 0.375 e. The van der Waals surface area contributed by atoms with E-state index in [0.29, 0.717) is 19.1 Å². The minimum Gasteiger partial charge on any atom is -0.375 e. The minimum atomic E-state index is -2.39. The van der Waals surface area contributed by atoms with E-state index in [2.05, 4.69) is 10.3 Å². The van der Waals surface area contributed by atoms with E-state index >= 15 is 0 Å². The highest BCUT2D eigenvalue weighted by Crippen LogP contribution is 2.34. The number of nitrogens with zero attached hydrogens (tertiary/aromatic N) is 1. The van der Waals surface area contributed by atoms with Crippen molar-refractivity contribution in [2.24, 2.45) is 0 Å². The van der Waals surface area contributed by atoms with Crippen molar-refractivity contribution in [1.82, 2.24) is 10.3 Å². The molecule has 0 radical (unpaired) electrons. The van der Waals surface area contributed by atoms with Crippen molar-refractivity contribution in [3.63, 3.8) is 0 Å². The van der Waals surface area contributed by atoms with Gasteiger partial charge in [0.25, 0.3) is 6.43 Å². The molecule has 1 heterocycles. The summed E-state index contributed by atoms with van der Waals surface area (Å²) < 4.78 is 28.7. The Morgan fingerprint density at radius 3 is 3.11 bits per heavy atom. The third-order valence-corrected chi connectivity index (χ3v) is 4.32. The topological polar surface area (TPSA) is 34.2 Å². The molecular weight excluding hydrogens is 258 g/mol. The highest BCUT2D eigenvalue weighted by molar-refractivity contribution is 7.11. The fourth-order valence-electron chi connectivity index (χ4n) is 2.18. The van der Waals surface area contributed by atoms with E-state index in [4.69, 9.17) is 4.74 Å². The summed E-state index contributed by atoms with van der Waals surface area (Å²) in [6, 6.07) is 0.405. The van der Waals surface area contributed by atoms with Crippen LogP contribution in [-0.4, -0.2) is 31.7 Å². The number of thiazole rings is 1. The lowest BCUT2D eigenvalue weighted by Crippen LogP contribution is -2.19. The molecule has 102 valence electrons. The molecule has 1 atom stereocenters. The quantitative estimate of drug-likeness (QED) is 0.811. The highest BCUT2D eigenvalue weighted by atomic mass is 32.1. The van der Waals surface area contributed by atoms with Gasteiger partial charge in [-0.1, -0.05) is 0 Å². The molecule has 0 spiro atoms. The number of hydrogen-bond acceptors (Lipinski definition) is 4. The number of ether oxygens (including phenoxy) is 1. The summed E-state index contributed by atoms with van der Waals surface area (Å²) in [5, 5.41) is 4.29. The van der Waals surface area contributed by atoms with Gasteiger partial charge >= 0.3 is 0 Å². The molecule has 1 N–H and O–H groups in total. The third kappa shape index (κ3) is 3.46. The molecule has 0 amide bonds. The summed E-state index contributed by atoms with van der Waals surface area (Å²) >= 11 is 1.69. The Morgan fingerprint density at radius 2 is 2.39 bits per heavy atom. The van der Waals surface area contributed by atoms with E-state index in [1.54, 1.807) is 11.3 Å². The lowest BCUT2D eigenvalue weighted by atomic mass is 9.98. The Kier molecular flexibility index (Phi) is 5.03. The number of rotatable bonds is 6. The summed E-state index contributed by atoms with van der Waals surface area (Å²) in [4.78, 5) is 5.89. The van der Waals surface area contributed by atoms with Gasteiger partial charge in [-0.25, -0.2) is 13.8 Å². The Hall–Kier alpha value is -0.590. The van der Waals surface area contributed by atoms with Crippen molar-refractivity contribution in [3.05, 3.63) is 15.6 Å². The van der Waals surface area contributed by atoms with Gasteiger partial charge in [-0.05, 0) is 26.3 Å². The summed E-state index contributed by atoms with van der Waals surface area (Å²) in [5.74, 6) is 0. The maximum atomic E-state index is 11.9. The molecule has 3 nitrogen and oxygen atoms in total. The Morgan fingerprint density at radius 1 is 1.56 bits per heavy atom. The van der Waals surface area contributed by atoms with E-state index in [1.165, 1.54) is 10.6 Å². The molecule has 0 fully saturated rings. The van der Waals surface area contributed by atoms with Crippen LogP contribution in [0, 0.1) is 0 Å². The number of halogens is 2. The van der Waals surface area contributed by atoms with Gasteiger partial charge in [-0.15, -0.1) is 11.3 Å². The van der Waals surface area contributed by atoms with Gasteiger partial charge in [0, 0.05) is 17.3 Å². The first kappa shape index (κ1) is 13.8. The maximum absolute atomic E-state index is 11.9. The van der Waals surface area contributed by atoms with Crippen LogP contribution in [-0.2, 0) is 17.6 Å². The molecule has 18 heavy (non-hydrogen) atoms. The molecular formula is C12H18F2N2OS. The second kappa shape index (κ2) is 6.54. The molecule has 0 saturated carbocycles. The Labute approximate surface area is 110 Å². The van der Waals surface area contributed by atoms with Crippen LogP contribution >= 0.6 is 11.3 Å². The van der Waals surface area contributed by atoms with Crippen molar-refractivity contribution in [2.75, 3.05) is 20.3 Å². The van der Waals surface area contributed by atoms with Crippen LogP contribution in [0.25, 0.3) is 0 Å². The molecule has 0 bridgehead atoms. The molecule has 1 aromatic heterocycles. The normalized spacial score (nSPS) is 19.2. The van der Waals surface area contributed by atoms with Crippen molar-refractivity contribution < 1.29 is 13.5 Å². The van der Waals surface area contributed by atoms with Gasteiger partial charge in [0.05, 0.1) is 17.3 Å². The van der Waals surface area contributed by atoms with Crippen LogP contribution < -0.4 is 5.32 Å². The number of aromatic nitrogens is 1. The molecule has 1 aliphatic carbocycles. The first-order valence-corrected chi connectivity index (χ1v) is 7.04. The van der Waals surface area contributed by atoms with Crippen LogP contribution in [0.15, 0.2) is 0 Å². The highest BCUT2D eigenvalue weighted by Gasteiger charge is 2.23. The van der Waals surface area contributed by atoms with Gasteiger partial charge in [-0.3, -0.25) is 0 Å². The van der Waals surface area contributed by atoms with E-state index in [0.717, 1.165) is 24.3 Å². The number of aryl methyl sites for hydroxylation is 1. The minimum absolute atomic E-state index is 0.320. The van der Waals surface area contributed by atoms with Crippen molar-refractivity contribution in [2.45, 2.75) is 38.2 Å². The monoisotopic (exact) mass is 276 g/mol. The van der Waals surface area contributed by atoms with Gasteiger partial charge in [0.15, 0.2) is 0 Å². The first-order valence-electron chi connectivity index (χ1n) is 6.22. The average Bonchev–Trinajstić information content (AvgIpc) is 2.76. The summed E-state index contributed by atoms with van der Waals surface area (Å²) in [6.07, 6.45) is 1.57. The summed E-state index contributed by atoms with van der Waals surface area (Å²) in [6.45, 7) is -0.162. The van der Waals surface area contributed by atoms with E-state index < -0.39 is 13.0 Å². The fourth-order valence-corrected chi connectivity index (χ4v) is 3.42. The smallest absolute Gasteiger partial charge is 0.261 e. The van der Waals surface area contributed by atoms with Gasteiger partial charge < -0.3 is 10.1 Å². The molecule has 6 heteroatoms. The molecule has 1 aromatic rings. The molecule has 1 aliphatic rings. The molecule has 2 rings (SSSR count). The Balaban J connectivity index is 1.89. The lowest BCUT2D eigenvalue weighted by molar-refractivity contribution is 0.0187. The fraction of sp³-hybridized carbons (Fsp3) is 0.750. The number of nitrogens with one attached hydrogen (secondary N) is 1. The van der Waals surface area contributed by atoms with Crippen molar-refractivity contribution in [1.29, 1.82) is 0 Å². The van der Waals surface area contributed by atoms with E-state index in [-0.39, 0.29) is 0 Å². The summed E-state index contributed by atoms with van der Waals surface area (Å²) in [7, 11) is 1.96. The molecule has 0 aromatic carbocycles. The predicted octanol–water partition coefficient (Wildman–Crippen LogP) is 2.56. The number of alkyl halides is 2. The predicted molar refractivity (Wildman–Crippen MR) is 67.4 cm³/mol. The molecule has 0 saturated heterocycles. The standard InChI is InChI=1S/C12H18F2N2OS/c1-15-8-3-2-4-9-12(8)18-11(16-9)5-6-17-7-10(13)14/h8,10,15H,2-7H2,1H3. The van der Waals surface area contributed by atoms with Crippen LogP contribution in [0.1, 0.15) is 34.5 Å². The zero-order valence-electron chi connectivity index (χ0n) is 10.4.